The predicted molar refractivity (Wildman–Crippen MR) is 89.2 cm³/mol. The van der Waals surface area contributed by atoms with Crippen molar-refractivity contribution in [3.63, 3.8) is 0 Å². The summed E-state index contributed by atoms with van der Waals surface area (Å²) in [5.74, 6) is 1.03. The Morgan fingerprint density at radius 2 is 1.80 bits per heavy atom. The lowest BCUT2D eigenvalue weighted by atomic mass is 9.81. The number of thiol groups is 1. The zero-order valence-electron chi connectivity index (χ0n) is 12.7. The molecule has 1 heterocycles. The summed E-state index contributed by atoms with van der Waals surface area (Å²) in [5.41, 5.74) is 1.80. The molecular formula is C17H28N2S. The number of hydrogen-bond acceptors (Lipinski definition) is 3. The van der Waals surface area contributed by atoms with Crippen LogP contribution < -0.4 is 0 Å². The van der Waals surface area contributed by atoms with E-state index in [1.807, 2.05) is 12.4 Å². The average Bonchev–Trinajstić information content (AvgIpc) is 2.74. The van der Waals surface area contributed by atoms with Gasteiger partial charge in [-0.3, -0.25) is 9.88 Å². The lowest BCUT2D eigenvalue weighted by molar-refractivity contribution is 0.150. The first-order valence-corrected chi connectivity index (χ1v) is 8.63. The summed E-state index contributed by atoms with van der Waals surface area (Å²) in [5, 5.41) is 0. The lowest BCUT2D eigenvalue weighted by Crippen LogP contribution is -2.38. The molecule has 1 aromatic heterocycles. The van der Waals surface area contributed by atoms with Gasteiger partial charge < -0.3 is 0 Å². The van der Waals surface area contributed by atoms with E-state index in [4.69, 9.17) is 12.6 Å². The number of hydrogen-bond donors (Lipinski definition) is 1. The Morgan fingerprint density at radius 3 is 2.35 bits per heavy atom. The molecule has 0 bridgehead atoms. The monoisotopic (exact) mass is 292 g/mol. The summed E-state index contributed by atoms with van der Waals surface area (Å²) in [4.78, 5) is 6.69. The zero-order chi connectivity index (χ0) is 14.3. The maximum Gasteiger partial charge on any atom is 0.0271 e. The average molecular weight is 292 g/mol. The molecule has 1 saturated carbocycles. The van der Waals surface area contributed by atoms with Crippen LogP contribution in [-0.2, 0) is 6.54 Å². The van der Waals surface area contributed by atoms with Gasteiger partial charge in [0.1, 0.15) is 0 Å². The fourth-order valence-corrected chi connectivity index (χ4v) is 3.76. The van der Waals surface area contributed by atoms with Gasteiger partial charge in [0.15, 0.2) is 0 Å². The highest BCUT2D eigenvalue weighted by Gasteiger charge is 2.31. The van der Waals surface area contributed by atoms with Crippen LogP contribution in [0.1, 0.15) is 51.0 Å². The fourth-order valence-electron chi connectivity index (χ4n) is 3.35. The Kier molecular flexibility index (Phi) is 6.37. The second-order valence-electron chi connectivity index (χ2n) is 6.23. The number of rotatable bonds is 6. The van der Waals surface area contributed by atoms with E-state index in [1.54, 1.807) is 0 Å². The quantitative estimate of drug-likeness (QED) is 0.625. The first-order valence-electron chi connectivity index (χ1n) is 8.00. The molecule has 1 fully saturated rings. The van der Waals surface area contributed by atoms with Crippen molar-refractivity contribution in [2.75, 3.05) is 18.8 Å². The molecule has 0 aromatic carbocycles. The summed E-state index contributed by atoms with van der Waals surface area (Å²) >= 11 is 4.70. The van der Waals surface area contributed by atoms with Crippen molar-refractivity contribution < 1.29 is 0 Å². The lowest BCUT2D eigenvalue weighted by Gasteiger charge is -2.36. The zero-order valence-corrected chi connectivity index (χ0v) is 13.6. The minimum atomic E-state index is 0.433. The number of aromatic nitrogens is 1. The molecule has 0 saturated heterocycles. The van der Waals surface area contributed by atoms with Gasteiger partial charge in [0, 0.05) is 25.5 Å². The molecule has 3 heteroatoms. The molecule has 2 rings (SSSR count). The minimum Gasteiger partial charge on any atom is -0.299 e. The van der Waals surface area contributed by atoms with Gasteiger partial charge in [0.25, 0.3) is 0 Å². The molecule has 112 valence electrons. The maximum absolute atomic E-state index is 4.70. The Hall–Kier alpha value is -0.540. The topological polar surface area (TPSA) is 16.1 Å². The van der Waals surface area contributed by atoms with E-state index >= 15 is 0 Å². The van der Waals surface area contributed by atoms with Gasteiger partial charge in [-0.1, -0.05) is 32.6 Å². The third-order valence-corrected chi connectivity index (χ3v) is 5.33. The van der Waals surface area contributed by atoms with Crippen LogP contribution in [0.4, 0.5) is 0 Å². The molecular weight excluding hydrogens is 264 g/mol. The molecule has 1 aromatic rings. The molecule has 1 aliphatic rings. The van der Waals surface area contributed by atoms with Gasteiger partial charge in [-0.05, 0) is 48.3 Å². The first-order chi connectivity index (χ1) is 9.78. The van der Waals surface area contributed by atoms with Crippen molar-refractivity contribution in [1.82, 2.24) is 9.88 Å². The molecule has 1 aliphatic carbocycles. The van der Waals surface area contributed by atoms with Crippen molar-refractivity contribution in [2.45, 2.75) is 52.0 Å². The van der Waals surface area contributed by atoms with Crippen LogP contribution in [0.2, 0.25) is 0 Å². The van der Waals surface area contributed by atoms with Gasteiger partial charge >= 0.3 is 0 Å². The summed E-state index contributed by atoms with van der Waals surface area (Å²) < 4.78 is 0. The van der Waals surface area contributed by atoms with Gasteiger partial charge in [-0.25, -0.2) is 0 Å². The molecule has 2 nitrogen and oxygen atoms in total. The standard InChI is InChI=1S/C17H28N2S/c1-2-19(13-16-7-11-18-12-8-16)14-17(15-20)9-5-3-4-6-10-17/h7-8,11-12,20H,2-6,9-10,13-15H2,1H3. The van der Waals surface area contributed by atoms with Crippen LogP contribution in [-0.4, -0.2) is 28.7 Å². The number of nitrogens with zero attached hydrogens (tertiary/aromatic N) is 2. The Morgan fingerprint density at radius 1 is 1.15 bits per heavy atom. The molecule has 0 aliphatic heterocycles. The van der Waals surface area contributed by atoms with Crippen molar-refractivity contribution in [2.24, 2.45) is 5.41 Å². The summed E-state index contributed by atoms with van der Waals surface area (Å²) in [6, 6.07) is 4.26. The molecule has 0 atom stereocenters. The van der Waals surface area contributed by atoms with E-state index in [-0.39, 0.29) is 0 Å². The predicted octanol–water partition coefficient (Wildman–Crippen LogP) is 4.17. The van der Waals surface area contributed by atoms with Gasteiger partial charge in [-0.15, -0.1) is 0 Å². The fraction of sp³-hybridized carbons (Fsp3) is 0.706. The first kappa shape index (κ1) is 15.8. The Balaban J connectivity index is 1.99. The van der Waals surface area contributed by atoms with E-state index in [0.29, 0.717) is 5.41 Å². The molecule has 0 spiro atoms. The van der Waals surface area contributed by atoms with Gasteiger partial charge in [-0.2, -0.15) is 12.6 Å². The normalized spacial score (nSPS) is 18.9. The highest BCUT2D eigenvalue weighted by Crippen LogP contribution is 2.37. The summed E-state index contributed by atoms with van der Waals surface area (Å²) in [7, 11) is 0. The van der Waals surface area contributed by atoms with Crippen LogP contribution in [0, 0.1) is 5.41 Å². The van der Waals surface area contributed by atoms with Crippen molar-refractivity contribution in [3.8, 4) is 0 Å². The van der Waals surface area contributed by atoms with E-state index in [9.17, 15) is 0 Å². The van der Waals surface area contributed by atoms with Crippen LogP contribution in [0.5, 0.6) is 0 Å². The van der Waals surface area contributed by atoms with Crippen molar-refractivity contribution >= 4 is 12.6 Å². The molecule has 0 unspecified atom stereocenters. The second-order valence-corrected chi connectivity index (χ2v) is 6.55. The smallest absolute Gasteiger partial charge is 0.0271 e. The van der Waals surface area contributed by atoms with Crippen LogP contribution in [0.15, 0.2) is 24.5 Å². The van der Waals surface area contributed by atoms with E-state index in [0.717, 1.165) is 18.8 Å². The van der Waals surface area contributed by atoms with Crippen molar-refractivity contribution in [1.29, 1.82) is 0 Å². The maximum atomic E-state index is 4.70. The summed E-state index contributed by atoms with van der Waals surface area (Å²) in [6.45, 7) is 5.60. The van der Waals surface area contributed by atoms with Crippen LogP contribution in [0.3, 0.4) is 0 Å². The van der Waals surface area contributed by atoms with Crippen LogP contribution >= 0.6 is 12.6 Å². The third kappa shape index (κ3) is 4.49. The highest BCUT2D eigenvalue weighted by molar-refractivity contribution is 7.80. The second kappa shape index (κ2) is 8.04. The van der Waals surface area contributed by atoms with Gasteiger partial charge in [0.2, 0.25) is 0 Å². The molecule has 0 N–H and O–H groups in total. The number of pyridine rings is 1. The third-order valence-electron chi connectivity index (χ3n) is 4.66. The van der Waals surface area contributed by atoms with Crippen LogP contribution in [0.25, 0.3) is 0 Å². The highest BCUT2D eigenvalue weighted by atomic mass is 32.1. The molecule has 20 heavy (non-hydrogen) atoms. The van der Waals surface area contributed by atoms with E-state index < -0.39 is 0 Å². The summed E-state index contributed by atoms with van der Waals surface area (Å²) in [6.07, 6.45) is 12.1. The van der Waals surface area contributed by atoms with E-state index in [2.05, 4.69) is 28.9 Å². The largest absolute Gasteiger partial charge is 0.299 e. The molecule has 0 radical (unpaired) electrons. The Bertz CT molecular complexity index is 372. The minimum absolute atomic E-state index is 0.433. The Labute approximate surface area is 129 Å². The SMILES string of the molecule is CCN(Cc1ccncc1)CC1(CS)CCCCCC1. The molecule has 0 amide bonds. The van der Waals surface area contributed by atoms with Crippen molar-refractivity contribution in [3.05, 3.63) is 30.1 Å². The van der Waals surface area contributed by atoms with E-state index in [1.165, 1.54) is 50.6 Å². The van der Waals surface area contributed by atoms with Gasteiger partial charge in [0.05, 0.1) is 0 Å².